The minimum absolute atomic E-state index is 0.0290. The second-order valence-corrected chi connectivity index (χ2v) is 5.97. The smallest absolute Gasteiger partial charge is 0.330 e. The van der Waals surface area contributed by atoms with Crippen LogP contribution in [0.2, 0.25) is 0 Å². The van der Waals surface area contributed by atoms with Crippen LogP contribution in [-0.2, 0) is 9.53 Å². The fourth-order valence-electron chi connectivity index (χ4n) is 3.20. The van der Waals surface area contributed by atoms with Crippen molar-refractivity contribution in [1.82, 2.24) is 4.90 Å². The first-order valence-electron chi connectivity index (χ1n) is 7.41. The van der Waals surface area contributed by atoms with E-state index in [9.17, 15) is 22.4 Å². The molecule has 0 bridgehead atoms. The van der Waals surface area contributed by atoms with Crippen LogP contribution in [0.25, 0.3) is 0 Å². The number of nitrogens with zero attached hydrogens (tertiary/aromatic N) is 1. The van der Waals surface area contributed by atoms with Crippen molar-refractivity contribution in [2.75, 3.05) is 26.3 Å². The van der Waals surface area contributed by atoms with Crippen molar-refractivity contribution in [3.8, 4) is 0 Å². The molecule has 1 amide bonds. The third-order valence-corrected chi connectivity index (χ3v) is 4.40. The van der Waals surface area contributed by atoms with E-state index < -0.39 is 19.0 Å². The molecule has 1 aliphatic heterocycles. The average molecular weight is 311 g/mol. The molecule has 3 nitrogen and oxygen atoms in total. The summed E-state index contributed by atoms with van der Waals surface area (Å²) in [7, 11) is 0. The summed E-state index contributed by atoms with van der Waals surface area (Å²) >= 11 is 0. The van der Waals surface area contributed by atoms with Crippen molar-refractivity contribution in [1.29, 1.82) is 0 Å². The first kappa shape index (κ1) is 16.5. The zero-order chi connectivity index (χ0) is 15.5. The van der Waals surface area contributed by atoms with Crippen LogP contribution in [0, 0.1) is 11.8 Å². The molecule has 7 heteroatoms. The highest BCUT2D eigenvalue weighted by atomic mass is 19.3. The van der Waals surface area contributed by atoms with Gasteiger partial charge in [0.15, 0.2) is 0 Å². The van der Waals surface area contributed by atoms with E-state index in [1.807, 2.05) is 0 Å². The molecular weight excluding hydrogens is 290 g/mol. The lowest BCUT2D eigenvalue weighted by Crippen LogP contribution is -2.34. The summed E-state index contributed by atoms with van der Waals surface area (Å²) in [5.41, 5.74) is 0. The van der Waals surface area contributed by atoms with E-state index in [1.54, 1.807) is 4.90 Å². The van der Waals surface area contributed by atoms with E-state index in [-0.39, 0.29) is 18.9 Å². The zero-order valence-corrected chi connectivity index (χ0v) is 11.9. The van der Waals surface area contributed by atoms with Gasteiger partial charge in [-0.15, -0.1) is 0 Å². The molecule has 122 valence electrons. The van der Waals surface area contributed by atoms with Crippen molar-refractivity contribution in [2.24, 2.45) is 11.8 Å². The summed E-state index contributed by atoms with van der Waals surface area (Å²) in [6, 6.07) is 0. The Kier molecular flexibility index (Phi) is 5.46. The number of ether oxygens (including phenoxy) is 1. The zero-order valence-electron chi connectivity index (χ0n) is 11.9. The standard InChI is InChI=1S/C14H21F4NO2/c15-13(16)14(17,18)9-21-6-5-12(20)19-7-10-3-1-2-4-11(10)8-19/h10-11,13H,1-9H2/t10-,11-/m1/s1. The van der Waals surface area contributed by atoms with Gasteiger partial charge in [0.1, 0.15) is 6.61 Å². The van der Waals surface area contributed by atoms with Gasteiger partial charge in [-0.2, -0.15) is 8.78 Å². The fourth-order valence-corrected chi connectivity index (χ4v) is 3.20. The second kappa shape index (κ2) is 6.94. The van der Waals surface area contributed by atoms with Gasteiger partial charge in [-0.1, -0.05) is 12.8 Å². The highest BCUT2D eigenvalue weighted by Crippen LogP contribution is 2.36. The van der Waals surface area contributed by atoms with E-state index in [4.69, 9.17) is 0 Å². The van der Waals surface area contributed by atoms with Gasteiger partial charge in [0.25, 0.3) is 0 Å². The molecule has 0 spiro atoms. The molecule has 1 saturated heterocycles. The van der Waals surface area contributed by atoms with Gasteiger partial charge in [-0.05, 0) is 24.7 Å². The molecule has 0 aromatic heterocycles. The Morgan fingerprint density at radius 3 is 2.29 bits per heavy atom. The average Bonchev–Trinajstić information content (AvgIpc) is 2.87. The monoisotopic (exact) mass is 311 g/mol. The molecule has 0 unspecified atom stereocenters. The van der Waals surface area contributed by atoms with Crippen LogP contribution in [-0.4, -0.2) is 49.5 Å². The lowest BCUT2D eigenvalue weighted by atomic mass is 9.82. The van der Waals surface area contributed by atoms with Crippen molar-refractivity contribution in [3.63, 3.8) is 0 Å². The van der Waals surface area contributed by atoms with Crippen LogP contribution in [0.15, 0.2) is 0 Å². The highest BCUT2D eigenvalue weighted by molar-refractivity contribution is 5.76. The summed E-state index contributed by atoms with van der Waals surface area (Å²) in [5, 5.41) is 0. The van der Waals surface area contributed by atoms with Crippen molar-refractivity contribution < 1.29 is 27.1 Å². The SMILES string of the molecule is O=C(CCOCC(F)(F)C(F)F)N1C[C@H]2CCCC[C@@H]2C1. The first-order chi connectivity index (χ1) is 9.90. The number of rotatable bonds is 6. The molecular formula is C14H21F4NO2. The summed E-state index contributed by atoms with van der Waals surface area (Å²) in [6.45, 7) is -0.121. The van der Waals surface area contributed by atoms with E-state index in [0.29, 0.717) is 11.8 Å². The van der Waals surface area contributed by atoms with E-state index in [2.05, 4.69) is 4.74 Å². The second-order valence-electron chi connectivity index (χ2n) is 5.97. The molecule has 2 fully saturated rings. The Balaban J connectivity index is 1.66. The molecule has 2 rings (SSSR count). The summed E-state index contributed by atoms with van der Waals surface area (Å²) < 4.78 is 53.6. The number of fused-ring (bicyclic) bond motifs is 1. The van der Waals surface area contributed by atoms with E-state index in [0.717, 1.165) is 25.9 Å². The molecule has 2 atom stereocenters. The van der Waals surface area contributed by atoms with Gasteiger partial charge in [0, 0.05) is 13.1 Å². The minimum Gasteiger partial charge on any atom is -0.374 e. The third kappa shape index (κ3) is 4.31. The summed E-state index contributed by atoms with van der Waals surface area (Å²) in [5.74, 6) is -3.16. The van der Waals surface area contributed by atoms with Crippen LogP contribution >= 0.6 is 0 Å². The van der Waals surface area contributed by atoms with E-state index in [1.165, 1.54) is 12.8 Å². The van der Waals surface area contributed by atoms with Crippen LogP contribution < -0.4 is 0 Å². The Morgan fingerprint density at radius 2 is 1.76 bits per heavy atom. The molecule has 1 aliphatic carbocycles. The Morgan fingerprint density at radius 1 is 1.19 bits per heavy atom. The Hall–Kier alpha value is -0.850. The first-order valence-corrected chi connectivity index (χ1v) is 7.41. The molecule has 2 aliphatic rings. The molecule has 21 heavy (non-hydrogen) atoms. The minimum atomic E-state index is -4.15. The lowest BCUT2D eigenvalue weighted by molar-refractivity contribution is -0.167. The van der Waals surface area contributed by atoms with Crippen LogP contribution in [0.5, 0.6) is 0 Å². The molecule has 0 aromatic rings. The normalized spacial score (nSPS) is 26.2. The number of amides is 1. The number of hydrogen-bond donors (Lipinski definition) is 0. The van der Waals surface area contributed by atoms with Gasteiger partial charge >= 0.3 is 12.3 Å². The van der Waals surface area contributed by atoms with Crippen molar-refractivity contribution in [2.45, 2.75) is 44.5 Å². The predicted molar refractivity (Wildman–Crippen MR) is 68.4 cm³/mol. The fraction of sp³-hybridized carbons (Fsp3) is 0.929. The molecule has 0 radical (unpaired) electrons. The van der Waals surface area contributed by atoms with Crippen LogP contribution in [0.1, 0.15) is 32.1 Å². The maximum Gasteiger partial charge on any atom is 0.330 e. The quantitative estimate of drug-likeness (QED) is 0.557. The van der Waals surface area contributed by atoms with Crippen LogP contribution in [0.4, 0.5) is 17.6 Å². The number of hydrogen-bond acceptors (Lipinski definition) is 2. The molecule has 0 N–H and O–H groups in total. The summed E-state index contributed by atoms with van der Waals surface area (Å²) in [6.07, 6.45) is 0.926. The number of likely N-dealkylation sites (tertiary alicyclic amines) is 1. The van der Waals surface area contributed by atoms with Crippen molar-refractivity contribution in [3.05, 3.63) is 0 Å². The van der Waals surface area contributed by atoms with Gasteiger partial charge in [0.2, 0.25) is 5.91 Å². The van der Waals surface area contributed by atoms with Crippen molar-refractivity contribution >= 4 is 5.91 Å². The van der Waals surface area contributed by atoms with Gasteiger partial charge in [-0.3, -0.25) is 4.79 Å². The van der Waals surface area contributed by atoms with Crippen LogP contribution in [0.3, 0.4) is 0 Å². The number of carbonyl (C=O) groups excluding carboxylic acids is 1. The lowest BCUT2D eigenvalue weighted by Gasteiger charge is -2.22. The Bertz CT molecular complexity index is 351. The van der Waals surface area contributed by atoms with Gasteiger partial charge in [0.05, 0.1) is 13.0 Å². The highest BCUT2D eigenvalue weighted by Gasteiger charge is 2.41. The van der Waals surface area contributed by atoms with E-state index >= 15 is 0 Å². The molecule has 1 heterocycles. The number of carbonyl (C=O) groups is 1. The largest absolute Gasteiger partial charge is 0.374 e. The predicted octanol–water partition coefficient (Wildman–Crippen LogP) is 2.94. The topological polar surface area (TPSA) is 29.5 Å². The maximum absolute atomic E-state index is 12.6. The molecule has 1 saturated carbocycles. The summed E-state index contributed by atoms with van der Waals surface area (Å²) in [4.78, 5) is 13.7. The molecule has 0 aromatic carbocycles. The van der Waals surface area contributed by atoms with Gasteiger partial charge in [-0.25, -0.2) is 8.78 Å². The third-order valence-electron chi connectivity index (χ3n) is 4.40. The maximum atomic E-state index is 12.6. The van der Waals surface area contributed by atoms with Gasteiger partial charge < -0.3 is 9.64 Å². The number of halogens is 4. The number of alkyl halides is 4. The Labute approximate surface area is 121 Å².